The molecule has 0 aromatic carbocycles. The van der Waals surface area contributed by atoms with Gasteiger partial charge in [0.2, 0.25) is 0 Å². The number of aromatic nitrogens is 1. The van der Waals surface area contributed by atoms with Crippen LogP contribution in [-0.2, 0) is 0 Å². The fraction of sp³-hybridized carbons (Fsp3) is 0.500. The Morgan fingerprint density at radius 2 is 2.50 bits per heavy atom. The van der Waals surface area contributed by atoms with Gasteiger partial charge in [-0.3, -0.25) is 0 Å². The average Bonchev–Trinajstić information content (AvgIpc) is 2.49. The largest absolute Gasteiger partial charge is 0.201 e. The summed E-state index contributed by atoms with van der Waals surface area (Å²) < 4.78 is 4.03. The zero-order chi connectivity index (χ0) is 5.40. The molecule has 0 aliphatic heterocycles. The lowest BCUT2D eigenvalue weighted by Gasteiger charge is -1.80. The van der Waals surface area contributed by atoms with Crippen molar-refractivity contribution >= 4 is 11.5 Å². The van der Waals surface area contributed by atoms with E-state index in [1.54, 1.807) is 11.5 Å². The van der Waals surface area contributed by atoms with Gasteiger partial charge in [-0.1, -0.05) is 0 Å². The van der Waals surface area contributed by atoms with Crippen molar-refractivity contribution in [3.63, 3.8) is 0 Å². The first-order valence-electron chi connectivity index (χ1n) is 2.87. The van der Waals surface area contributed by atoms with Crippen LogP contribution in [0.3, 0.4) is 0 Å². The minimum atomic E-state index is 0.891. The zero-order valence-corrected chi connectivity index (χ0v) is 5.32. The van der Waals surface area contributed by atoms with Crippen LogP contribution < -0.4 is 0 Å². The predicted molar refractivity (Wildman–Crippen MR) is 34.1 cm³/mol. The molecule has 2 rings (SSSR count). The molecule has 42 valence electrons. The molecule has 0 radical (unpaired) electrons. The van der Waals surface area contributed by atoms with Crippen molar-refractivity contribution in [1.82, 2.24) is 4.37 Å². The molecule has 0 unspecified atom stereocenters. The molecule has 1 saturated carbocycles. The Morgan fingerprint density at radius 3 is 3.00 bits per heavy atom. The third-order valence-corrected chi connectivity index (χ3v) is 2.34. The van der Waals surface area contributed by atoms with Crippen LogP contribution in [0.5, 0.6) is 0 Å². The van der Waals surface area contributed by atoms with Crippen molar-refractivity contribution in [2.45, 2.75) is 18.8 Å². The molecule has 8 heavy (non-hydrogen) atoms. The average molecular weight is 125 g/mol. The molecule has 1 aromatic rings. The summed E-state index contributed by atoms with van der Waals surface area (Å²) in [5.74, 6) is 0.891. The second kappa shape index (κ2) is 1.55. The monoisotopic (exact) mass is 125 g/mol. The lowest BCUT2D eigenvalue weighted by atomic mass is 10.3. The van der Waals surface area contributed by atoms with Crippen molar-refractivity contribution in [2.75, 3.05) is 0 Å². The van der Waals surface area contributed by atoms with E-state index in [0.717, 1.165) is 5.92 Å². The highest BCUT2D eigenvalue weighted by molar-refractivity contribution is 7.05. The van der Waals surface area contributed by atoms with Gasteiger partial charge in [-0.25, -0.2) is 4.37 Å². The smallest absolute Gasteiger partial charge is 0.0409 e. The van der Waals surface area contributed by atoms with Crippen LogP contribution in [0.1, 0.15) is 23.6 Å². The van der Waals surface area contributed by atoms with E-state index in [9.17, 15) is 0 Å². The maximum absolute atomic E-state index is 4.03. The van der Waals surface area contributed by atoms with Gasteiger partial charge in [0.15, 0.2) is 0 Å². The molecule has 1 aliphatic rings. The van der Waals surface area contributed by atoms with Crippen LogP contribution in [0.15, 0.2) is 12.3 Å². The Morgan fingerprint density at radius 1 is 1.62 bits per heavy atom. The molecule has 0 bridgehead atoms. The molecule has 1 nitrogen and oxygen atoms in total. The molecule has 1 fully saturated rings. The Labute approximate surface area is 52.5 Å². The van der Waals surface area contributed by atoms with Gasteiger partial charge < -0.3 is 0 Å². The summed E-state index contributed by atoms with van der Waals surface area (Å²) in [4.78, 5) is 1.48. The van der Waals surface area contributed by atoms with Crippen molar-refractivity contribution in [3.8, 4) is 0 Å². The maximum atomic E-state index is 4.03. The first-order chi connectivity index (χ1) is 3.97. The van der Waals surface area contributed by atoms with Gasteiger partial charge in [0.05, 0.1) is 0 Å². The molecule has 2 heteroatoms. The van der Waals surface area contributed by atoms with Crippen molar-refractivity contribution < 1.29 is 0 Å². The van der Waals surface area contributed by atoms with E-state index < -0.39 is 0 Å². The fourth-order valence-electron chi connectivity index (χ4n) is 0.804. The minimum Gasteiger partial charge on any atom is -0.201 e. The van der Waals surface area contributed by atoms with E-state index in [1.807, 2.05) is 6.20 Å². The van der Waals surface area contributed by atoms with Crippen LogP contribution in [0.4, 0.5) is 0 Å². The van der Waals surface area contributed by atoms with Crippen LogP contribution in [0.25, 0.3) is 0 Å². The van der Waals surface area contributed by atoms with Crippen molar-refractivity contribution in [1.29, 1.82) is 0 Å². The molecule has 1 heterocycles. The maximum Gasteiger partial charge on any atom is 0.0409 e. The van der Waals surface area contributed by atoms with E-state index in [0.29, 0.717) is 0 Å². The highest BCUT2D eigenvalue weighted by atomic mass is 32.1. The second-order valence-electron chi connectivity index (χ2n) is 2.19. The van der Waals surface area contributed by atoms with Crippen LogP contribution in [0, 0.1) is 0 Å². The first-order valence-corrected chi connectivity index (χ1v) is 3.65. The number of hydrogen-bond donors (Lipinski definition) is 0. The lowest BCUT2D eigenvalue weighted by molar-refractivity contribution is 1.18. The van der Waals surface area contributed by atoms with Crippen molar-refractivity contribution in [3.05, 3.63) is 17.1 Å². The third-order valence-electron chi connectivity index (χ3n) is 1.44. The molecule has 1 aromatic heterocycles. The minimum absolute atomic E-state index is 0.891. The standard InChI is InChI=1S/C6H7NS/c1-2-5(1)6-3-4-7-8-6/h3-5H,1-2H2. The highest BCUT2D eigenvalue weighted by Crippen LogP contribution is 2.41. The molecule has 1 aliphatic carbocycles. The summed E-state index contributed by atoms with van der Waals surface area (Å²) >= 11 is 1.64. The van der Waals surface area contributed by atoms with E-state index in [2.05, 4.69) is 10.4 Å². The highest BCUT2D eigenvalue weighted by Gasteiger charge is 2.24. The molecular weight excluding hydrogens is 118 g/mol. The van der Waals surface area contributed by atoms with Gasteiger partial charge >= 0.3 is 0 Å². The summed E-state index contributed by atoms with van der Waals surface area (Å²) in [5.41, 5.74) is 0. The Balaban J connectivity index is 2.28. The SMILES string of the molecule is c1cc(C2CC2)sn1. The van der Waals surface area contributed by atoms with Crippen LogP contribution in [-0.4, -0.2) is 4.37 Å². The summed E-state index contributed by atoms with van der Waals surface area (Å²) in [5, 5.41) is 0. The second-order valence-corrected chi connectivity index (χ2v) is 3.05. The Hall–Kier alpha value is -0.370. The van der Waals surface area contributed by atoms with Gasteiger partial charge in [-0.15, -0.1) is 0 Å². The summed E-state index contributed by atoms with van der Waals surface area (Å²) in [6.45, 7) is 0. The number of hydrogen-bond acceptors (Lipinski definition) is 2. The molecule has 0 amide bonds. The van der Waals surface area contributed by atoms with Gasteiger partial charge in [-0.05, 0) is 36.4 Å². The topological polar surface area (TPSA) is 12.9 Å². The van der Waals surface area contributed by atoms with Gasteiger partial charge in [0, 0.05) is 11.1 Å². The molecule has 0 N–H and O–H groups in total. The Kier molecular flexibility index (Phi) is 0.875. The van der Waals surface area contributed by atoms with E-state index in [4.69, 9.17) is 0 Å². The Bertz CT molecular complexity index is 165. The van der Waals surface area contributed by atoms with E-state index >= 15 is 0 Å². The van der Waals surface area contributed by atoms with Gasteiger partial charge in [0.25, 0.3) is 0 Å². The lowest BCUT2D eigenvalue weighted by Crippen LogP contribution is -1.62. The van der Waals surface area contributed by atoms with Gasteiger partial charge in [-0.2, -0.15) is 0 Å². The predicted octanol–water partition coefficient (Wildman–Crippen LogP) is 2.02. The molecular formula is C6H7NS. The van der Waals surface area contributed by atoms with Crippen LogP contribution >= 0.6 is 11.5 Å². The molecule has 0 atom stereocenters. The summed E-state index contributed by atoms with van der Waals surface area (Å²) in [6, 6.07) is 2.13. The third kappa shape index (κ3) is 0.650. The zero-order valence-electron chi connectivity index (χ0n) is 4.50. The van der Waals surface area contributed by atoms with E-state index in [1.165, 1.54) is 17.7 Å². The van der Waals surface area contributed by atoms with Crippen LogP contribution in [0.2, 0.25) is 0 Å². The molecule has 0 saturated heterocycles. The summed E-state index contributed by atoms with van der Waals surface area (Å²) in [7, 11) is 0. The fourth-order valence-corrected chi connectivity index (χ4v) is 1.55. The summed E-state index contributed by atoms with van der Waals surface area (Å²) in [6.07, 6.45) is 4.67. The van der Waals surface area contributed by atoms with E-state index in [-0.39, 0.29) is 0 Å². The first kappa shape index (κ1) is 4.50. The number of rotatable bonds is 1. The normalized spacial score (nSPS) is 19.0. The molecule has 0 spiro atoms. The number of nitrogens with zero attached hydrogens (tertiary/aromatic N) is 1. The van der Waals surface area contributed by atoms with Crippen molar-refractivity contribution in [2.24, 2.45) is 0 Å². The van der Waals surface area contributed by atoms with Gasteiger partial charge in [0.1, 0.15) is 0 Å². The quantitative estimate of drug-likeness (QED) is 0.559.